The van der Waals surface area contributed by atoms with Crippen molar-refractivity contribution in [2.24, 2.45) is 5.73 Å². The Balaban J connectivity index is 1.67. The highest BCUT2D eigenvalue weighted by Crippen LogP contribution is 2.39. The predicted molar refractivity (Wildman–Crippen MR) is 92.4 cm³/mol. The zero-order chi connectivity index (χ0) is 16.7. The second-order valence-corrected chi connectivity index (χ2v) is 6.74. The molecule has 1 aromatic carbocycles. The Labute approximate surface area is 141 Å². The Morgan fingerprint density at radius 1 is 1.12 bits per heavy atom. The Morgan fingerprint density at radius 3 is 2.71 bits per heavy atom. The van der Waals surface area contributed by atoms with Crippen LogP contribution in [0.2, 0.25) is 0 Å². The molecular formula is C17H14N4O2S. The Hall–Kier alpha value is -2.80. The van der Waals surface area contributed by atoms with Gasteiger partial charge in [0, 0.05) is 22.8 Å². The highest BCUT2D eigenvalue weighted by Gasteiger charge is 2.26. The molecule has 4 rings (SSSR count). The SMILES string of the molecule is NC(=O)c1c(NC(=O)c2ccc3nccnc3c2)sc2c1CCC2. The van der Waals surface area contributed by atoms with Gasteiger partial charge < -0.3 is 11.1 Å². The number of carbonyl (C=O) groups is 2. The van der Waals surface area contributed by atoms with Gasteiger partial charge >= 0.3 is 0 Å². The maximum atomic E-state index is 12.6. The quantitative estimate of drug-likeness (QED) is 0.766. The number of nitrogens with two attached hydrogens (primary N) is 1. The molecular weight excluding hydrogens is 324 g/mol. The van der Waals surface area contributed by atoms with Crippen molar-refractivity contribution in [3.8, 4) is 0 Å². The smallest absolute Gasteiger partial charge is 0.256 e. The van der Waals surface area contributed by atoms with Crippen molar-refractivity contribution in [1.82, 2.24) is 9.97 Å². The molecule has 3 N–H and O–H groups in total. The summed E-state index contributed by atoms with van der Waals surface area (Å²) in [7, 11) is 0. The van der Waals surface area contributed by atoms with Gasteiger partial charge in [0.15, 0.2) is 0 Å². The highest BCUT2D eigenvalue weighted by atomic mass is 32.1. The lowest BCUT2D eigenvalue weighted by molar-refractivity contribution is 0.100. The second kappa shape index (κ2) is 5.68. The fourth-order valence-electron chi connectivity index (χ4n) is 3.03. The predicted octanol–water partition coefficient (Wildman–Crippen LogP) is 2.53. The molecule has 0 unspecified atom stereocenters. The zero-order valence-corrected chi connectivity index (χ0v) is 13.5. The van der Waals surface area contributed by atoms with Gasteiger partial charge in [0.05, 0.1) is 16.6 Å². The van der Waals surface area contributed by atoms with Gasteiger partial charge in [-0.05, 0) is 43.0 Å². The van der Waals surface area contributed by atoms with Gasteiger partial charge in [-0.15, -0.1) is 11.3 Å². The molecule has 0 aliphatic heterocycles. The molecule has 120 valence electrons. The van der Waals surface area contributed by atoms with E-state index in [2.05, 4.69) is 15.3 Å². The summed E-state index contributed by atoms with van der Waals surface area (Å²) in [5.74, 6) is -0.779. The molecule has 2 amide bonds. The molecule has 1 aliphatic carbocycles. The van der Waals surface area contributed by atoms with Crippen LogP contribution in [0.1, 0.15) is 37.6 Å². The fourth-order valence-corrected chi connectivity index (χ4v) is 4.32. The van der Waals surface area contributed by atoms with Crippen molar-refractivity contribution in [1.29, 1.82) is 0 Å². The van der Waals surface area contributed by atoms with E-state index in [0.29, 0.717) is 21.6 Å². The van der Waals surface area contributed by atoms with E-state index in [1.807, 2.05) is 0 Å². The minimum absolute atomic E-state index is 0.287. The lowest BCUT2D eigenvalue weighted by Crippen LogP contribution is -2.17. The molecule has 6 nitrogen and oxygen atoms in total. The minimum Gasteiger partial charge on any atom is -0.365 e. The number of nitrogens with one attached hydrogen (secondary N) is 1. The normalized spacial score (nSPS) is 13.0. The molecule has 2 aromatic heterocycles. The summed E-state index contributed by atoms with van der Waals surface area (Å²) >= 11 is 1.44. The molecule has 0 spiro atoms. The number of primary amides is 1. The summed E-state index contributed by atoms with van der Waals surface area (Å²) < 4.78 is 0. The third-order valence-electron chi connectivity index (χ3n) is 4.13. The van der Waals surface area contributed by atoms with Crippen LogP contribution < -0.4 is 11.1 Å². The van der Waals surface area contributed by atoms with Crippen molar-refractivity contribution in [3.05, 3.63) is 52.2 Å². The summed E-state index contributed by atoms with van der Waals surface area (Å²) in [6.07, 6.45) is 5.99. The maximum Gasteiger partial charge on any atom is 0.256 e. The standard InChI is InChI=1S/C17H14N4O2S/c18-15(22)14-10-2-1-3-13(10)24-17(14)21-16(23)9-4-5-11-12(8-9)20-7-6-19-11/h4-8H,1-3H2,(H2,18,22)(H,21,23). The molecule has 7 heteroatoms. The topological polar surface area (TPSA) is 98.0 Å². The number of aryl methyl sites for hydroxylation is 1. The minimum atomic E-state index is -0.492. The largest absolute Gasteiger partial charge is 0.365 e. The van der Waals surface area contributed by atoms with Crippen molar-refractivity contribution in [2.75, 3.05) is 5.32 Å². The number of hydrogen-bond donors (Lipinski definition) is 2. The van der Waals surface area contributed by atoms with Crippen LogP contribution in [-0.4, -0.2) is 21.8 Å². The van der Waals surface area contributed by atoms with E-state index < -0.39 is 5.91 Å². The van der Waals surface area contributed by atoms with E-state index >= 15 is 0 Å². The first-order valence-corrected chi connectivity index (χ1v) is 8.41. The van der Waals surface area contributed by atoms with Gasteiger partial charge in [-0.2, -0.15) is 0 Å². The maximum absolute atomic E-state index is 12.6. The summed E-state index contributed by atoms with van der Waals surface area (Å²) in [6, 6.07) is 5.13. The number of anilines is 1. The van der Waals surface area contributed by atoms with Crippen LogP contribution in [0.3, 0.4) is 0 Å². The summed E-state index contributed by atoms with van der Waals surface area (Å²) in [4.78, 5) is 33.9. The molecule has 0 atom stereocenters. The van der Waals surface area contributed by atoms with Gasteiger partial charge in [0.2, 0.25) is 0 Å². The van der Waals surface area contributed by atoms with E-state index in [1.165, 1.54) is 11.3 Å². The molecule has 0 bridgehead atoms. The first-order valence-electron chi connectivity index (χ1n) is 7.60. The summed E-state index contributed by atoms with van der Waals surface area (Å²) in [5.41, 5.74) is 8.81. The van der Waals surface area contributed by atoms with Gasteiger partial charge in [0.1, 0.15) is 5.00 Å². The molecule has 1 aliphatic rings. The molecule has 0 saturated carbocycles. The molecule has 0 saturated heterocycles. The van der Waals surface area contributed by atoms with E-state index in [1.54, 1.807) is 30.6 Å². The molecule has 0 fully saturated rings. The van der Waals surface area contributed by atoms with E-state index in [4.69, 9.17) is 5.73 Å². The first kappa shape index (κ1) is 14.8. The van der Waals surface area contributed by atoms with E-state index in [9.17, 15) is 9.59 Å². The number of nitrogens with zero attached hydrogens (tertiary/aromatic N) is 2. The van der Waals surface area contributed by atoms with Gasteiger partial charge in [0.25, 0.3) is 11.8 Å². The number of aromatic nitrogens is 2. The Morgan fingerprint density at radius 2 is 1.92 bits per heavy atom. The van der Waals surface area contributed by atoms with Crippen molar-refractivity contribution in [3.63, 3.8) is 0 Å². The van der Waals surface area contributed by atoms with E-state index in [0.717, 1.165) is 35.2 Å². The fraction of sp³-hybridized carbons (Fsp3) is 0.176. The van der Waals surface area contributed by atoms with Gasteiger partial charge in [-0.25, -0.2) is 0 Å². The first-order chi connectivity index (χ1) is 11.6. The molecule has 3 aromatic rings. The molecule has 2 heterocycles. The number of rotatable bonds is 3. The van der Waals surface area contributed by atoms with Crippen LogP contribution in [0, 0.1) is 0 Å². The van der Waals surface area contributed by atoms with Crippen LogP contribution in [0.15, 0.2) is 30.6 Å². The lowest BCUT2D eigenvalue weighted by atomic mass is 10.1. The van der Waals surface area contributed by atoms with Crippen molar-refractivity contribution >= 4 is 39.2 Å². The third-order valence-corrected chi connectivity index (χ3v) is 5.33. The van der Waals surface area contributed by atoms with E-state index in [-0.39, 0.29) is 5.91 Å². The van der Waals surface area contributed by atoms with Crippen LogP contribution in [-0.2, 0) is 12.8 Å². The van der Waals surface area contributed by atoms with Crippen molar-refractivity contribution < 1.29 is 9.59 Å². The number of thiophene rings is 1. The molecule has 24 heavy (non-hydrogen) atoms. The number of hydrogen-bond acceptors (Lipinski definition) is 5. The second-order valence-electron chi connectivity index (χ2n) is 5.64. The lowest BCUT2D eigenvalue weighted by Gasteiger charge is -2.06. The van der Waals surface area contributed by atoms with Gasteiger partial charge in [-0.1, -0.05) is 0 Å². The average Bonchev–Trinajstić information content (AvgIpc) is 3.14. The Kier molecular flexibility index (Phi) is 3.50. The average molecular weight is 338 g/mol. The number of fused-ring (bicyclic) bond motifs is 2. The third kappa shape index (κ3) is 2.43. The number of benzene rings is 1. The number of carbonyl (C=O) groups excluding carboxylic acids is 2. The molecule has 0 radical (unpaired) electrons. The van der Waals surface area contributed by atoms with Crippen LogP contribution in [0.4, 0.5) is 5.00 Å². The summed E-state index contributed by atoms with van der Waals surface area (Å²) in [5, 5.41) is 3.37. The summed E-state index contributed by atoms with van der Waals surface area (Å²) in [6.45, 7) is 0. The van der Waals surface area contributed by atoms with Crippen LogP contribution in [0.25, 0.3) is 11.0 Å². The van der Waals surface area contributed by atoms with Crippen LogP contribution >= 0.6 is 11.3 Å². The van der Waals surface area contributed by atoms with Crippen LogP contribution in [0.5, 0.6) is 0 Å². The monoisotopic (exact) mass is 338 g/mol. The van der Waals surface area contributed by atoms with Crippen molar-refractivity contribution in [2.45, 2.75) is 19.3 Å². The highest BCUT2D eigenvalue weighted by molar-refractivity contribution is 7.17. The van der Waals surface area contributed by atoms with Gasteiger partial charge in [-0.3, -0.25) is 19.6 Å². The zero-order valence-electron chi connectivity index (χ0n) is 12.7. The Bertz CT molecular complexity index is 980. The number of amides is 2.